The van der Waals surface area contributed by atoms with Gasteiger partial charge in [-0.3, -0.25) is 9.50 Å². The van der Waals surface area contributed by atoms with Gasteiger partial charge in [-0.05, 0) is 23.7 Å². The molecule has 7 heteroatoms. The number of H-pyrrole nitrogens is 2. The molecule has 0 bridgehead atoms. The van der Waals surface area contributed by atoms with E-state index in [1.165, 1.54) is 22.8 Å². The Morgan fingerprint density at radius 3 is 1.96 bits per heavy atom. The van der Waals surface area contributed by atoms with Crippen molar-refractivity contribution in [3.8, 4) is 0 Å². The zero-order valence-electron chi connectivity index (χ0n) is 18.3. The average Bonchev–Trinajstić information content (AvgIpc) is 3.33. The van der Waals surface area contributed by atoms with Crippen molar-refractivity contribution < 1.29 is 0 Å². The highest BCUT2D eigenvalue weighted by molar-refractivity contribution is 5.43. The van der Waals surface area contributed by atoms with Gasteiger partial charge in [-0.25, -0.2) is 19.6 Å². The van der Waals surface area contributed by atoms with Crippen LogP contribution in [0.5, 0.6) is 0 Å². The van der Waals surface area contributed by atoms with Crippen molar-refractivity contribution in [2.45, 2.75) is 79.1 Å². The van der Waals surface area contributed by atoms with E-state index in [4.69, 9.17) is 0 Å². The van der Waals surface area contributed by atoms with Gasteiger partial charge in [0.25, 0.3) is 0 Å². The topological polar surface area (TPSA) is 79.1 Å². The summed E-state index contributed by atoms with van der Waals surface area (Å²) in [5, 5.41) is 10.1. The highest BCUT2D eigenvalue weighted by Crippen LogP contribution is 2.27. The van der Waals surface area contributed by atoms with Crippen molar-refractivity contribution in [1.29, 1.82) is 0 Å². The van der Waals surface area contributed by atoms with Crippen LogP contribution in [0.25, 0.3) is 11.4 Å². The molecule has 0 aromatic carbocycles. The first-order valence-electron chi connectivity index (χ1n) is 10.2. The maximum absolute atomic E-state index is 4.63. The van der Waals surface area contributed by atoms with E-state index in [1.54, 1.807) is 6.33 Å². The third-order valence-corrected chi connectivity index (χ3v) is 4.91. The van der Waals surface area contributed by atoms with Gasteiger partial charge >= 0.3 is 0 Å². The fraction of sp³-hybridized carbons (Fsp3) is 0.571. The number of fused-ring (bicyclic) bond motifs is 2. The third kappa shape index (κ3) is 3.57. The minimum absolute atomic E-state index is 0.459. The molecule has 0 aliphatic carbocycles. The van der Waals surface area contributed by atoms with Crippen molar-refractivity contribution in [3.63, 3.8) is 0 Å². The normalized spacial score (nSPS) is 12.1. The molecule has 0 aliphatic rings. The minimum Gasteiger partial charge on any atom is -0.300 e. The van der Waals surface area contributed by atoms with Gasteiger partial charge in [0.2, 0.25) is 5.78 Å². The van der Waals surface area contributed by atoms with E-state index in [-0.39, 0.29) is 0 Å². The van der Waals surface area contributed by atoms with Crippen molar-refractivity contribution >= 4 is 11.4 Å². The Labute approximate surface area is 166 Å². The van der Waals surface area contributed by atoms with Crippen LogP contribution in [0.3, 0.4) is 0 Å². The summed E-state index contributed by atoms with van der Waals surface area (Å²) in [6.45, 7) is 17.5. The second-order valence-electron chi connectivity index (χ2n) is 8.59. The summed E-state index contributed by atoms with van der Waals surface area (Å²) >= 11 is 0. The molecular weight excluding hydrogens is 350 g/mol. The predicted molar refractivity (Wildman–Crippen MR) is 113 cm³/mol. The lowest BCUT2D eigenvalue weighted by Crippen LogP contribution is -2.01. The van der Waals surface area contributed by atoms with Crippen LogP contribution in [-0.2, 0) is 0 Å². The van der Waals surface area contributed by atoms with E-state index in [9.17, 15) is 0 Å². The van der Waals surface area contributed by atoms with Gasteiger partial charge < -0.3 is 0 Å². The highest BCUT2D eigenvalue weighted by atomic mass is 15.3. The highest BCUT2D eigenvalue weighted by Gasteiger charge is 2.19. The Balaban J connectivity index is 0.000000161. The second kappa shape index (κ2) is 7.81. The van der Waals surface area contributed by atoms with Crippen molar-refractivity contribution in [1.82, 2.24) is 34.2 Å². The maximum Gasteiger partial charge on any atom is 0.229 e. The first-order valence-corrected chi connectivity index (χ1v) is 10.2. The van der Waals surface area contributed by atoms with E-state index in [1.807, 2.05) is 16.7 Å². The number of aromatic nitrogens is 7. The van der Waals surface area contributed by atoms with Gasteiger partial charge in [0, 0.05) is 12.3 Å². The number of imidazole rings is 2. The van der Waals surface area contributed by atoms with E-state index < -0.39 is 0 Å². The molecular formula is C21H33N7. The fourth-order valence-corrected chi connectivity index (χ4v) is 3.68. The lowest BCUT2D eigenvalue weighted by Gasteiger charge is -2.09. The van der Waals surface area contributed by atoms with Crippen LogP contribution >= 0.6 is 0 Å². The summed E-state index contributed by atoms with van der Waals surface area (Å²) in [6.07, 6.45) is 3.72. The van der Waals surface area contributed by atoms with Crippen LogP contribution < -0.4 is 0 Å². The number of hydrogen-bond acceptors (Lipinski definition) is 3. The van der Waals surface area contributed by atoms with E-state index in [0.717, 1.165) is 11.4 Å². The predicted octanol–water partition coefficient (Wildman–Crippen LogP) is 5.21. The first kappa shape index (κ1) is 20.2. The van der Waals surface area contributed by atoms with Gasteiger partial charge in [-0.1, -0.05) is 55.4 Å². The van der Waals surface area contributed by atoms with Gasteiger partial charge in [-0.2, -0.15) is 5.10 Å². The molecule has 0 atom stereocenters. The number of hydrogen-bond donors (Lipinski definition) is 2. The van der Waals surface area contributed by atoms with Crippen LogP contribution in [0.1, 0.15) is 102 Å². The average molecular weight is 384 g/mol. The van der Waals surface area contributed by atoms with Crippen LogP contribution in [0.15, 0.2) is 18.6 Å². The van der Waals surface area contributed by atoms with E-state index >= 15 is 0 Å². The molecule has 4 heterocycles. The molecule has 4 aromatic rings. The molecule has 0 spiro atoms. The summed E-state index contributed by atoms with van der Waals surface area (Å²) < 4.78 is 4.12. The summed E-state index contributed by atoms with van der Waals surface area (Å²) in [5.41, 5.74) is 5.99. The SMILES string of the molecule is CC(C)c1nc2[nH]ncn2c1C(C)C.CC(C)c1nc2cc[nH]n2c1C(C)C. The van der Waals surface area contributed by atoms with Gasteiger partial charge in [-0.15, -0.1) is 0 Å². The molecule has 2 N–H and O–H groups in total. The molecule has 0 unspecified atom stereocenters. The van der Waals surface area contributed by atoms with Crippen molar-refractivity contribution in [2.75, 3.05) is 0 Å². The fourth-order valence-electron chi connectivity index (χ4n) is 3.68. The molecule has 152 valence electrons. The molecule has 0 saturated heterocycles. The molecule has 0 radical (unpaired) electrons. The maximum atomic E-state index is 4.63. The summed E-state index contributed by atoms with van der Waals surface area (Å²) in [4.78, 5) is 9.16. The van der Waals surface area contributed by atoms with E-state index in [2.05, 4.69) is 85.2 Å². The first-order chi connectivity index (χ1) is 13.2. The van der Waals surface area contributed by atoms with Crippen LogP contribution in [0.2, 0.25) is 0 Å². The number of aromatic amines is 2. The smallest absolute Gasteiger partial charge is 0.229 e. The monoisotopic (exact) mass is 383 g/mol. The van der Waals surface area contributed by atoms with Crippen LogP contribution in [0.4, 0.5) is 0 Å². The lowest BCUT2D eigenvalue weighted by atomic mass is 10.0. The van der Waals surface area contributed by atoms with Crippen LogP contribution in [-0.4, -0.2) is 34.2 Å². The number of nitrogens with zero attached hydrogens (tertiary/aromatic N) is 5. The molecule has 0 saturated carbocycles. The standard InChI is InChI=1S/C11H17N3.C10H16N4/c1-7(2)10-11(8(3)4)14-9(13-10)5-6-12-14;1-6(2)8-9(7(3)4)14-5-11-13-10(14)12-8/h5-8,12H,1-4H3;5-7H,1-4H3,(H,12,13). The Hall–Kier alpha value is -2.57. The van der Waals surface area contributed by atoms with Crippen molar-refractivity contribution in [2.24, 2.45) is 0 Å². The Morgan fingerprint density at radius 1 is 0.786 bits per heavy atom. The molecule has 0 fully saturated rings. The Kier molecular flexibility index (Phi) is 5.63. The van der Waals surface area contributed by atoms with Gasteiger partial charge in [0.1, 0.15) is 6.33 Å². The van der Waals surface area contributed by atoms with E-state index in [0.29, 0.717) is 23.7 Å². The summed E-state index contributed by atoms with van der Waals surface area (Å²) in [6, 6.07) is 2.01. The largest absolute Gasteiger partial charge is 0.300 e. The Bertz CT molecular complexity index is 955. The molecule has 7 nitrogen and oxygen atoms in total. The molecule has 4 aromatic heterocycles. The van der Waals surface area contributed by atoms with Gasteiger partial charge in [0.15, 0.2) is 5.65 Å². The molecule has 0 amide bonds. The molecule has 0 aliphatic heterocycles. The zero-order valence-corrected chi connectivity index (χ0v) is 18.3. The third-order valence-electron chi connectivity index (χ3n) is 4.91. The Morgan fingerprint density at radius 2 is 1.39 bits per heavy atom. The van der Waals surface area contributed by atoms with Crippen LogP contribution in [0, 0.1) is 0 Å². The van der Waals surface area contributed by atoms with Crippen molar-refractivity contribution in [3.05, 3.63) is 41.4 Å². The minimum atomic E-state index is 0.459. The molecule has 28 heavy (non-hydrogen) atoms. The zero-order chi connectivity index (χ0) is 20.6. The quantitative estimate of drug-likeness (QED) is 0.507. The number of nitrogens with one attached hydrogen (secondary N) is 2. The van der Waals surface area contributed by atoms with Gasteiger partial charge in [0.05, 0.1) is 22.8 Å². The lowest BCUT2D eigenvalue weighted by molar-refractivity contribution is 0.721. The summed E-state index contributed by atoms with van der Waals surface area (Å²) in [5.74, 6) is 2.76. The summed E-state index contributed by atoms with van der Waals surface area (Å²) in [7, 11) is 0. The number of rotatable bonds is 4. The second-order valence-corrected chi connectivity index (χ2v) is 8.59. The molecule has 4 rings (SSSR count).